The highest BCUT2D eigenvalue weighted by Crippen LogP contribution is 2.28. The maximum atomic E-state index is 12.6. The summed E-state index contributed by atoms with van der Waals surface area (Å²) >= 11 is 0. The molecule has 0 saturated heterocycles. The topological polar surface area (TPSA) is 136 Å². The Hall–Kier alpha value is -4.60. The first kappa shape index (κ1) is 22.1. The van der Waals surface area contributed by atoms with Gasteiger partial charge in [0.05, 0.1) is 13.4 Å². The van der Waals surface area contributed by atoms with Crippen molar-refractivity contribution in [2.45, 2.75) is 6.92 Å². The van der Waals surface area contributed by atoms with Crippen LogP contribution < -0.4 is 25.6 Å². The van der Waals surface area contributed by atoms with E-state index in [0.29, 0.717) is 5.69 Å². The fraction of sp³-hybridized carbons (Fsp3) is 0.0909. The number of furan rings is 1. The van der Waals surface area contributed by atoms with Crippen LogP contribution in [-0.4, -0.2) is 30.8 Å². The summed E-state index contributed by atoms with van der Waals surface area (Å²) in [6, 6.07) is 13.5. The zero-order chi connectivity index (χ0) is 23.1. The monoisotopic (exact) mass is 437 g/mol. The van der Waals surface area contributed by atoms with E-state index in [9.17, 15) is 19.2 Å². The van der Waals surface area contributed by atoms with Crippen LogP contribution in [0.3, 0.4) is 0 Å². The minimum Gasteiger partial charge on any atom is -0.493 e. The number of hydrogen-bond acceptors (Lipinski definition) is 7. The molecular formula is C22H19N3O7. The second-order valence-electron chi connectivity index (χ2n) is 6.38. The lowest BCUT2D eigenvalue weighted by molar-refractivity contribution is -0.132. The molecule has 0 bridgehead atoms. The smallest absolute Gasteiger partial charge is 0.308 e. The fourth-order valence-corrected chi connectivity index (χ4v) is 2.64. The van der Waals surface area contributed by atoms with Gasteiger partial charge < -0.3 is 19.2 Å². The number of methoxy groups -OCH3 is 1. The molecule has 1 aromatic heterocycles. The SMILES string of the molecule is COc1cc(C(=O)Nc2cccc(C(=O)NNC(=O)c3ccco3)c2)ccc1OC(C)=O. The number of hydrazine groups is 1. The van der Waals surface area contributed by atoms with E-state index in [1.165, 1.54) is 56.7 Å². The summed E-state index contributed by atoms with van der Waals surface area (Å²) in [6.07, 6.45) is 1.34. The Morgan fingerprint density at radius 1 is 0.812 bits per heavy atom. The van der Waals surface area contributed by atoms with E-state index in [2.05, 4.69) is 16.2 Å². The van der Waals surface area contributed by atoms with E-state index in [-0.39, 0.29) is 28.4 Å². The number of benzene rings is 2. The molecule has 0 aliphatic rings. The van der Waals surface area contributed by atoms with Crippen molar-refractivity contribution < 1.29 is 33.1 Å². The average molecular weight is 437 g/mol. The Labute approximate surface area is 182 Å². The third-order valence-corrected chi connectivity index (χ3v) is 4.10. The molecule has 0 unspecified atom stereocenters. The molecule has 10 nitrogen and oxygen atoms in total. The third kappa shape index (κ3) is 5.51. The predicted molar refractivity (Wildman–Crippen MR) is 112 cm³/mol. The third-order valence-electron chi connectivity index (χ3n) is 4.10. The normalized spacial score (nSPS) is 10.1. The maximum Gasteiger partial charge on any atom is 0.308 e. The minimum absolute atomic E-state index is 0.0430. The number of amides is 3. The van der Waals surface area contributed by atoms with Crippen molar-refractivity contribution in [1.82, 2.24) is 10.9 Å². The molecule has 3 rings (SSSR count). The first-order chi connectivity index (χ1) is 15.4. The molecule has 164 valence electrons. The standard InChI is InChI=1S/C22H19N3O7/c1-13(26)32-17-9-8-15(12-19(17)30-2)20(27)23-16-6-3-5-14(11-16)21(28)24-25-22(29)18-7-4-10-31-18/h3-12H,1-2H3,(H,23,27)(H,24,28)(H,25,29). The van der Waals surface area contributed by atoms with E-state index < -0.39 is 23.7 Å². The minimum atomic E-state index is -0.612. The summed E-state index contributed by atoms with van der Waals surface area (Å²) in [4.78, 5) is 47.9. The molecular weight excluding hydrogens is 418 g/mol. The van der Waals surface area contributed by atoms with Crippen LogP contribution >= 0.6 is 0 Å². The lowest BCUT2D eigenvalue weighted by Crippen LogP contribution is -2.41. The molecule has 3 amide bonds. The summed E-state index contributed by atoms with van der Waals surface area (Å²) in [5, 5.41) is 2.67. The van der Waals surface area contributed by atoms with E-state index in [4.69, 9.17) is 13.9 Å². The van der Waals surface area contributed by atoms with Crippen LogP contribution in [0.15, 0.2) is 65.3 Å². The van der Waals surface area contributed by atoms with Crippen LogP contribution in [0.2, 0.25) is 0 Å². The first-order valence-corrected chi connectivity index (χ1v) is 9.29. The van der Waals surface area contributed by atoms with Crippen LogP contribution in [0.4, 0.5) is 5.69 Å². The van der Waals surface area contributed by atoms with Gasteiger partial charge in [0.25, 0.3) is 11.8 Å². The fourth-order valence-electron chi connectivity index (χ4n) is 2.64. The van der Waals surface area contributed by atoms with Gasteiger partial charge in [-0.2, -0.15) is 0 Å². The highest BCUT2D eigenvalue weighted by Gasteiger charge is 2.15. The maximum absolute atomic E-state index is 12.6. The van der Waals surface area contributed by atoms with Gasteiger partial charge in [0.1, 0.15) is 0 Å². The number of anilines is 1. The van der Waals surface area contributed by atoms with Gasteiger partial charge >= 0.3 is 11.9 Å². The lowest BCUT2D eigenvalue weighted by Gasteiger charge is -2.11. The van der Waals surface area contributed by atoms with E-state index in [1.54, 1.807) is 18.2 Å². The molecule has 1 heterocycles. The van der Waals surface area contributed by atoms with Gasteiger partial charge in [-0.05, 0) is 48.5 Å². The quantitative estimate of drug-likeness (QED) is 0.306. The highest BCUT2D eigenvalue weighted by atomic mass is 16.6. The van der Waals surface area contributed by atoms with Crippen molar-refractivity contribution in [3.8, 4) is 11.5 Å². The van der Waals surface area contributed by atoms with E-state index >= 15 is 0 Å². The average Bonchev–Trinajstić information content (AvgIpc) is 3.32. The summed E-state index contributed by atoms with van der Waals surface area (Å²) in [7, 11) is 1.39. The lowest BCUT2D eigenvalue weighted by atomic mass is 10.1. The Balaban J connectivity index is 1.66. The Morgan fingerprint density at radius 3 is 2.25 bits per heavy atom. The van der Waals surface area contributed by atoms with Crippen molar-refractivity contribution >= 4 is 29.4 Å². The second kappa shape index (κ2) is 9.94. The summed E-state index contributed by atoms with van der Waals surface area (Å²) in [5.74, 6) is -1.74. The molecule has 0 atom stereocenters. The molecule has 32 heavy (non-hydrogen) atoms. The molecule has 0 fully saturated rings. The van der Waals surface area contributed by atoms with Gasteiger partial charge in [0.15, 0.2) is 17.3 Å². The van der Waals surface area contributed by atoms with Crippen LogP contribution in [0.5, 0.6) is 11.5 Å². The number of carbonyl (C=O) groups is 4. The molecule has 2 aromatic carbocycles. The molecule has 10 heteroatoms. The van der Waals surface area contributed by atoms with Gasteiger partial charge in [0, 0.05) is 23.7 Å². The number of nitrogens with one attached hydrogen (secondary N) is 3. The van der Waals surface area contributed by atoms with Crippen molar-refractivity contribution in [2.75, 3.05) is 12.4 Å². The van der Waals surface area contributed by atoms with Gasteiger partial charge in [-0.1, -0.05) is 6.07 Å². The molecule has 0 saturated carbocycles. The highest BCUT2D eigenvalue weighted by molar-refractivity contribution is 6.05. The Kier molecular flexibility index (Phi) is 6.86. The number of carbonyl (C=O) groups excluding carboxylic acids is 4. The van der Waals surface area contributed by atoms with Crippen LogP contribution in [0.1, 0.15) is 38.2 Å². The largest absolute Gasteiger partial charge is 0.493 e. The molecule has 3 N–H and O–H groups in total. The number of rotatable bonds is 6. The number of esters is 1. The molecule has 0 radical (unpaired) electrons. The van der Waals surface area contributed by atoms with Gasteiger partial charge in [0.2, 0.25) is 0 Å². The van der Waals surface area contributed by atoms with Gasteiger partial charge in [-0.3, -0.25) is 30.0 Å². The van der Waals surface area contributed by atoms with Crippen molar-refractivity contribution in [1.29, 1.82) is 0 Å². The molecule has 3 aromatic rings. The number of hydrogen-bond donors (Lipinski definition) is 3. The summed E-state index contributed by atoms with van der Waals surface area (Å²) in [5.41, 5.74) is 5.30. The van der Waals surface area contributed by atoms with E-state index in [1.807, 2.05) is 0 Å². The van der Waals surface area contributed by atoms with Crippen molar-refractivity contribution in [3.05, 3.63) is 77.7 Å². The Bertz CT molecular complexity index is 1160. The molecule has 0 aliphatic heterocycles. The first-order valence-electron chi connectivity index (χ1n) is 9.29. The summed E-state index contributed by atoms with van der Waals surface area (Å²) in [6.45, 7) is 1.26. The molecule has 0 spiro atoms. The van der Waals surface area contributed by atoms with Crippen LogP contribution in [0, 0.1) is 0 Å². The molecule has 0 aliphatic carbocycles. The van der Waals surface area contributed by atoms with Crippen LogP contribution in [0.25, 0.3) is 0 Å². The number of ether oxygens (including phenoxy) is 2. The van der Waals surface area contributed by atoms with Crippen molar-refractivity contribution in [2.24, 2.45) is 0 Å². The zero-order valence-corrected chi connectivity index (χ0v) is 17.1. The van der Waals surface area contributed by atoms with Gasteiger partial charge in [-0.15, -0.1) is 0 Å². The van der Waals surface area contributed by atoms with E-state index in [0.717, 1.165) is 0 Å². The second-order valence-corrected chi connectivity index (χ2v) is 6.38. The predicted octanol–water partition coefficient (Wildman–Crippen LogP) is 2.54. The Morgan fingerprint density at radius 2 is 1.56 bits per heavy atom. The summed E-state index contributed by atoms with van der Waals surface area (Å²) < 4.78 is 15.1. The zero-order valence-electron chi connectivity index (χ0n) is 17.1. The van der Waals surface area contributed by atoms with Gasteiger partial charge in [-0.25, -0.2) is 0 Å². The van der Waals surface area contributed by atoms with Crippen molar-refractivity contribution in [3.63, 3.8) is 0 Å². The van der Waals surface area contributed by atoms with Crippen LogP contribution in [-0.2, 0) is 4.79 Å².